The van der Waals surface area contributed by atoms with Gasteiger partial charge in [0.25, 0.3) is 0 Å². The number of rotatable bonds is 12. The average Bonchev–Trinajstić information content (AvgIpc) is 2.54. The van der Waals surface area contributed by atoms with Crippen LogP contribution in [0.1, 0.15) is 69.7 Å². The van der Waals surface area contributed by atoms with Crippen molar-refractivity contribution in [2.24, 2.45) is 0 Å². The molecular weight excluding hydrogens is 308 g/mol. The number of ether oxygens (including phenoxy) is 3. The standard InChI is InChI=1S/C19H30O5/c1-4-6-7-8-9-10-15-23-19(3,22-5-2)24-18(21)16-11-13-17(20)14-12-16/h11-14,20H,4-10,15H2,1-3H3. The third-order valence-electron chi connectivity index (χ3n) is 3.65. The van der Waals surface area contributed by atoms with Crippen LogP contribution in [0, 0.1) is 0 Å². The van der Waals surface area contributed by atoms with Crippen LogP contribution in [0.2, 0.25) is 0 Å². The van der Waals surface area contributed by atoms with Gasteiger partial charge in [0.1, 0.15) is 5.75 Å². The maximum Gasteiger partial charge on any atom is 0.342 e. The quantitative estimate of drug-likeness (QED) is 0.342. The van der Waals surface area contributed by atoms with Gasteiger partial charge in [-0.05, 0) is 37.6 Å². The molecule has 1 aromatic carbocycles. The lowest BCUT2D eigenvalue weighted by molar-refractivity contribution is -0.343. The normalized spacial score (nSPS) is 13.5. The number of carbonyl (C=O) groups excluding carboxylic acids is 1. The van der Waals surface area contributed by atoms with Gasteiger partial charge in [0.05, 0.1) is 18.8 Å². The molecule has 0 fully saturated rings. The number of phenols is 1. The molecule has 1 rings (SSSR count). The minimum Gasteiger partial charge on any atom is -0.508 e. The molecule has 0 amide bonds. The van der Waals surface area contributed by atoms with Crippen molar-refractivity contribution in [3.8, 4) is 5.75 Å². The summed E-state index contributed by atoms with van der Waals surface area (Å²) in [5, 5.41) is 9.27. The van der Waals surface area contributed by atoms with E-state index in [0.29, 0.717) is 18.8 Å². The highest BCUT2D eigenvalue weighted by atomic mass is 16.9. The van der Waals surface area contributed by atoms with Gasteiger partial charge in [-0.1, -0.05) is 39.0 Å². The molecule has 0 bridgehead atoms. The van der Waals surface area contributed by atoms with Gasteiger partial charge in [0.15, 0.2) is 0 Å². The van der Waals surface area contributed by atoms with Crippen molar-refractivity contribution in [3.05, 3.63) is 29.8 Å². The zero-order valence-corrected chi connectivity index (χ0v) is 15.0. The lowest BCUT2D eigenvalue weighted by atomic mass is 10.1. The molecule has 136 valence electrons. The van der Waals surface area contributed by atoms with Crippen molar-refractivity contribution in [3.63, 3.8) is 0 Å². The Bertz CT molecular complexity index is 471. The first kappa shape index (κ1) is 20.5. The Morgan fingerprint density at radius 1 is 1.00 bits per heavy atom. The summed E-state index contributed by atoms with van der Waals surface area (Å²) >= 11 is 0. The van der Waals surface area contributed by atoms with Crippen molar-refractivity contribution in [2.45, 2.75) is 65.3 Å². The number of phenolic OH excluding ortho intramolecular Hbond substituents is 1. The minimum atomic E-state index is -1.40. The highest BCUT2D eigenvalue weighted by Gasteiger charge is 2.31. The van der Waals surface area contributed by atoms with E-state index in [4.69, 9.17) is 14.2 Å². The van der Waals surface area contributed by atoms with Gasteiger partial charge in [0, 0.05) is 6.92 Å². The second-order valence-electron chi connectivity index (χ2n) is 5.85. The van der Waals surface area contributed by atoms with E-state index >= 15 is 0 Å². The van der Waals surface area contributed by atoms with Crippen molar-refractivity contribution >= 4 is 5.97 Å². The fraction of sp³-hybridized carbons (Fsp3) is 0.632. The van der Waals surface area contributed by atoms with Crippen molar-refractivity contribution in [1.29, 1.82) is 0 Å². The van der Waals surface area contributed by atoms with Crippen LogP contribution in [-0.4, -0.2) is 30.3 Å². The van der Waals surface area contributed by atoms with Crippen LogP contribution in [0.5, 0.6) is 5.75 Å². The van der Waals surface area contributed by atoms with Gasteiger partial charge in [-0.2, -0.15) is 0 Å². The molecule has 0 aliphatic carbocycles. The zero-order chi connectivity index (χ0) is 17.8. The second-order valence-corrected chi connectivity index (χ2v) is 5.85. The summed E-state index contributed by atoms with van der Waals surface area (Å²) < 4.78 is 16.5. The third-order valence-corrected chi connectivity index (χ3v) is 3.65. The van der Waals surface area contributed by atoms with Crippen LogP contribution in [0.15, 0.2) is 24.3 Å². The Morgan fingerprint density at radius 3 is 2.25 bits per heavy atom. The number of aromatic hydroxyl groups is 1. The third kappa shape index (κ3) is 7.79. The Hall–Kier alpha value is -1.59. The molecular formula is C19H30O5. The number of hydrogen-bond donors (Lipinski definition) is 1. The molecule has 0 aromatic heterocycles. The maximum absolute atomic E-state index is 12.2. The second kappa shape index (κ2) is 11.0. The van der Waals surface area contributed by atoms with E-state index in [-0.39, 0.29) is 5.75 Å². The Morgan fingerprint density at radius 2 is 1.62 bits per heavy atom. The predicted molar refractivity (Wildman–Crippen MR) is 92.9 cm³/mol. The predicted octanol–water partition coefficient (Wildman–Crippen LogP) is 4.64. The lowest BCUT2D eigenvalue weighted by Gasteiger charge is -2.28. The molecule has 1 aromatic rings. The molecule has 24 heavy (non-hydrogen) atoms. The molecule has 5 nitrogen and oxygen atoms in total. The largest absolute Gasteiger partial charge is 0.508 e. The fourth-order valence-corrected chi connectivity index (χ4v) is 2.33. The maximum atomic E-state index is 12.2. The van der Waals surface area contributed by atoms with Crippen LogP contribution in [0.25, 0.3) is 0 Å². The van der Waals surface area contributed by atoms with Gasteiger partial charge in [-0.15, -0.1) is 0 Å². The van der Waals surface area contributed by atoms with Crippen molar-refractivity contribution in [1.82, 2.24) is 0 Å². The Labute approximate surface area is 144 Å². The van der Waals surface area contributed by atoms with E-state index in [9.17, 15) is 9.90 Å². The topological polar surface area (TPSA) is 65.0 Å². The molecule has 0 heterocycles. The smallest absolute Gasteiger partial charge is 0.342 e. The zero-order valence-electron chi connectivity index (χ0n) is 15.0. The summed E-state index contributed by atoms with van der Waals surface area (Å²) in [6.45, 7) is 6.47. The molecule has 1 unspecified atom stereocenters. The number of hydrogen-bond acceptors (Lipinski definition) is 5. The van der Waals surface area contributed by atoms with Crippen molar-refractivity contribution in [2.75, 3.05) is 13.2 Å². The Balaban J connectivity index is 2.45. The van der Waals surface area contributed by atoms with E-state index < -0.39 is 11.9 Å². The van der Waals surface area contributed by atoms with E-state index in [1.54, 1.807) is 6.92 Å². The summed E-state index contributed by atoms with van der Waals surface area (Å²) in [5.41, 5.74) is 0.335. The summed E-state index contributed by atoms with van der Waals surface area (Å²) in [7, 11) is 0. The summed E-state index contributed by atoms with van der Waals surface area (Å²) in [6.07, 6.45) is 6.93. The van der Waals surface area contributed by atoms with E-state index in [1.165, 1.54) is 49.9 Å². The number of unbranched alkanes of at least 4 members (excludes halogenated alkanes) is 5. The Kier molecular flexibility index (Phi) is 9.42. The molecule has 1 atom stereocenters. The highest BCUT2D eigenvalue weighted by Crippen LogP contribution is 2.19. The van der Waals surface area contributed by atoms with Crippen LogP contribution < -0.4 is 0 Å². The molecule has 0 saturated carbocycles. The van der Waals surface area contributed by atoms with Gasteiger partial charge < -0.3 is 19.3 Å². The molecule has 1 N–H and O–H groups in total. The SMILES string of the molecule is CCCCCCCCOC(C)(OCC)OC(=O)c1ccc(O)cc1. The average molecular weight is 338 g/mol. The summed E-state index contributed by atoms with van der Waals surface area (Å²) in [5.74, 6) is -1.85. The monoisotopic (exact) mass is 338 g/mol. The summed E-state index contributed by atoms with van der Waals surface area (Å²) in [6, 6.07) is 5.87. The van der Waals surface area contributed by atoms with Gasteiger partial charge in [-0.3, -0.25) is 0 Å². The van der Waals surface area contributed by atoms with E-state index in [2.05, 4.69) is 6.92 Å². The lowest BCUT2D eigenvalue weighted by Crippen LogP contribution is -2.38. The van der Waals surface area contributed by atoms with Gasteiger partial charge in [-0.25, -0.2) is 4.79 Å². The number of esters is 1. The highest BCUT2D eigenvalue weighted by molar-refractivity contribution is 5.89. The fourth-order valence-electron chi connectivity index (χ4n) is 2.33. The minimum absolute atomic E-state index is 0.0958. The molecule has 0 aliphatic heterocycles. The van der Waals surface area contributed by atoms with Crippen LogP contribution in [0.3, 0.4) is 0 Å². The first-order chi connectivity index (χ1) is 11.5. The van der Waals surface area contributed by atoms with E-state index in [1.807, 2.05) is 6.92 Å². The molecule has 0 spiro atoms. The first-order valence-corrected chi connectivity index (χ1v) is 8.81. The number of benzene rings is 1. The molecule has 0 aliphatic rings. The first-order valence-electron chi connectivity index (χ1n) is 8.81. The van der Waals surface area contributed by atoms with Crippen molar-refractivity contribution < 1.29 is 24.1 Å². The summed E-state index contributed by atoms with van der Waals surface area (Å²) in [4.78, 5) is 12.2. The number of carbonyl (C=O) groups is 1. The van der Waals surface area contributed by atoms with Crippen LogP contribution in [-0.2, 0) is 14.2 Å². The van der Waals surface area contributed by atoms with Gasteiger partial charge in [0.2, 0.25) is 0 Å². The van der Waals surface area contributed by atoms with Crippen LogP contribution in [0.4, 0.5) is 0 Å². The molecule has 0 radical (unpaired) electrons. The van der Waals surface area contributed by atoms with Gasteiger partial charge >= 0.3 is 11.9 Å². The van der Waals surface area contributed by atoms with Crippen LogP contribution >= 0.6 is 0 Å². The molecule has 5 heteroatoms. The molecule has 0 saturated heterocycles. The van der Waals surface area contributed by atoms with E-state index in [0.717, 1.165) is 12.8 Å².